The molecule has 8 heteroatoms. The van der Waals surface area contributed by atoms with E-state index in [-0.39, 0.29) is 24.4 Å². The number of nitrogens with zero attached hydrogens (tertiary/aromatic N) is 1. The lowest BCUT2D eigenvalue weighted by Gasteiger charge is -2.08. The SMILES string of the molecule is O=C(CCNC(=O)c1ccc(F)cc1F)Nc1cccc(-c2nccs2)c1. The highest BCUT2D eigenvalue weighted by atomic mass is 32.1. The molecule has 0 atom stereocenters. The first-order valence-corrected chi connectivity index (χ1v) is 8.94. The third-order valence-electron chi connectivity index (χ3n) is 3.64. The Morgan fingerprint density at radius 1 is 1.11 bits per heavy atom. The van der Waals surface area contributed by atoms with Crippen molar-refractivity contribution in [2.45, 2.75) is 6.42 Å². The van der Waals surface area contributed by atoms with Gasteiger partial charge in [0.05, 0.1) is 5.56 Å². The molecule has 1 heterocycles. The van der Waals surface area contributed by atoms with Crippen LogP contribution in [0.15, 0.2) is 54.0 Å². The fourth-order valence-electron chi connectivity index (χ4n) is 2.38. The summed E-state index contributed by atoms with van der Waals surface area (Å²) >= 11 is 1.50. The molecule has 138 valence electrons. The number of hydrogen-bond donors (Lipinski definition) is 2. The van der Waals surface area contributed by atoms with Crippen LogP contribution >= 0.6 is 11.3 Å². The summed E-state index contributed by atoms with van der Waals surface area (Å²) in [5, 5.41) is 7.89. The van der Waals surface area contributed by atoms with Gasteiger partial charge in [0.2, 0.25) is 5.91 Å². The minimum Gasteiger partial charge on any atom is -0.351 e. The minimum atomic E-state index is -0.948. The molecule has 0 spiro atoms. The van der Waals surface area contributed by atoms with Gasteiger partial charge in [-0.1, -0.05) is 12.1 Å². The van der Waals surface area contributed by atoms with E-state index in [1.54, 1.807) is 12.3 Å². The first kappa shape index (κ1) is 18.7. The fraction of sp³-hybridized carbons (Fsp3) is 0.105. The van der Waals surface area contributed by atoms with Crippen molar-refractivity contribution in [3.8, 4) is 10.6 Å². The van der Waals surface area contributed by atoms with Crippen LogP contribution in [0.2, 0.25) is 0 Å². The molecule has 2 amide bonds. The lowest BCUT2D eigenvalue weighted by atomic mass is 10.2. The van der Waals surface area contributed by atoms with Crippen LogP contribution in [0.3, 0.4) is 0 Å². The van der Waals surface area contributed by atoms with E-state index in [4.69, 9.17) is 0 Å². The molecule has 0 bridgehead atoms. The molecule has 27 heavy (non-hydrogen) atoms. The predicted octanol–water partition coefficient (Wildman–Crippen LogP) is 3.85. The average Bonchev–Trinajstić information content (AvgIpc) is 3.16. The summed E-state index contributed by atoms with van der Waals surface area (Å²) in [7, 11) is 0. The molecule has 3 rings (SSSR count). The zero-order chi connectivity index (χ0) is 19.2. The van der Waals surface area contributed by atoms with Crippen molar-refractivity contribution in [2.75, 3.05) is 11.9 Å². The Kier molecular flexibility index (Phi) is 5.87. The number of hydrogen-bond acceptors (Lipinski definition) is 4. The number of carbonyl (C=O) groups is 2. The van der Waals surface area contributed by atoms with E-state index in [2.05, 4.69) is 15.6 Å². The van der Waals surface area contributed by atoms with Crippen LogP contribution < -0.4 is 10.6 Å². The molecular weight excluding hydrogens is 372 g/mol. The number of thiazole rings is 1. The van der Waals surface area contributed by atoms with Crippen molar-refractivity contribution >= 4 is 28.8 Å². The minimum absolute atomic E-state index is 0.00995. The maximum absolute atomic E-state index is 13.5. The van der Waals surface area contributed by atoms with Gasteiger partial charge in [-0.2, -0.15) is 0 Å². The average molecular weight is 387 g/mol. The summed E-state index contributed by atoms with van der Waals surface area (Å²) in [5.41, 5.74) is 1.24. The van der Waals surface area contributed by atoms with Gasteiger partial charge in [-0.25, -0.2) is 13.8 Å². The number of anilines is 1. The van der Waals surface area contributed by atoms with Gasteiger partial charge in [-0.15, -0.1) is 11.3 Å². The summed E-state index contributed by atoms with van der Waals surface area (Å²) in [4.78, 5) is 28.1. The zero-order valence-corrected chi connectivity index (χ0v) is 14.9. The molecule has 0 radical (unpaired) electrons. The number of nitrogens with one attached hydrogen (secondary N) is 2. The lowest BCUT2D eigenvalue weighted by molar-refractivity contribution is -0.116. The monoisotopic (exact) mass is 387 g/mol. The second kappa shape index (κ2) is 8.50. The van der Waals surface area contributed by atoms with Gasteiger partial charge in [-0.05, 0) is 24.3 Å². The highest BCUT2D eigenvalue weighted by molar-refractivity contribution is 7.13. The quantitative estimate of drug-likeness (QED) is 0.675. The van der Waals surface area contributed by atoms with Crippen LogP contribution in [-0.2, 0) is 4.79 Å². The molecular formula is C19H15F2N3O2S. The highest BCUT2D eigenvalue weighted by Gasteiger charge is 2.12. The fourth-order valence-corrected chi connectivity index (χ4v) is 3.01. The van der Waals surface area contributed by atoms with E-state index in [0.717, 1.165) is 22.7 Å². The van der Waals surface area contributed by atoms with Gasteiger partial charge in [0.25, 0.3) is 5.91 Å². The van der Waals surface area contributed by atoms with Gasteiger partial charge < -0.3 is 10.6 Å². The largest absolute Gasteiger partial charge is 0.351 e. The lowest BCUT2D eigenvalue weighted by Crippen LogP contribution is -2.28. The van der Waals surface area contributed by atoms with E-state index >= 15 is 0 Å². The van der Waals surface area contributed by atoms with Crippen molar-refractivity contribution in [1.29, 1.82) is 0 Å². The third kappa shape index (κ3) is 4.95. The molecule has 3 aromatic rings. The smallest absolute Gasteiger partial charge is 0.254 e. The summed E-state index contributed by atoms with van der Waals surface area (Å²) < 4.78 is 26.4. The second-order valence-electron chi connectivity index (χ2n) is 5.60. The van der Waals surface area contributed by atoms with Gasteiger partial charge in [0, 0.05) is 41.9 Å². The molecule has 2 aromatic carbocycles. The Balaban J connectivity index is 1.51. The molecule has 0 unspecified atom stereocenters. The summed E-state index contributed by atoms with van der Waals surface area (Å²) in [6, 6.07) is 9.96. The molecule has 0 saturated carbocycles. The normalized spacial score (nSPS) is 10.4. The van der Waals surface area contributed by atoms with E-state index in [9.17, 15) is 18.4 Å². The maximum Gasteiger partial charge on any atom is 0.254 e. The number of halogens is 2. The Labute approximate surface area is 158 Å². The van der Waals surface area contributed by atoms with Gasteiger partial charge in [0.15, 0.2) is 0 Å². The number of rotatable bonds is 6. The summed E-state index contributed by atoms with van der Waals surface area (Å²) in [5.74, 6) is -2.71. The Hall–Kier alpha value is -3.13. The van der Waals surface area contributed by atoms with E-state index in [1.807, 2.05) is 23.6 Å². The van der Waals surface area contributed by atoms with Crippen LogP contribution in [0.4, 0.5) is 14.5 Å². The molecule has 1 aromatic heterocycles. The van der Waals surface area contributed by atoms with Crippen molar-refractivity contribution < 1.29 is 18.4 Å². The van der Waals surface area contributed by atoms with Crippen molar-refractivity contribution in [1.82, 2.24) is 10.3 Å². The van der Waals surface area contributed by atoms with E-state index in [0.29, 0.717) is 11.8 Å². The zero-order valence-electron chi connectivity index (χ0n) is 14.0. The number of amides is 2. The van der Waals surface area contributed by atoms with Gasteiger partial charge in [-0.3, -0.25) is 9.59 Å². The Morgan fingerprint density at radius 3 is 2.70 bits per heavy atom. The summed E-state index contributed by atoms with van der Waals surface area (Å²) in [6.45, 7) is 0.0215. The molecule has 0 aliphatic rings. The number of carbonyl (C=O) groups excluding carboxylic acids is 2. The highest BCUT2D eigenvalue weighted by Crippen LogP contribution is 2.24. The first-order valence-electron chi connectivity index (χ1n) is 8.06. The van der Waals surface area contributed by atoms with Crippen LogP contribution in [-0.4, -0.2) is 23.3 Å². The van der Waals surface area contributed by atoms with Crippen LogP contribution in [0.1, 0.15) is 16.8 Å². The molecule has 0 saturated heterocycles. The molecule has 0 aliphatic heterocycles. The van der Waals surface area contributed by atoms with Gasteiger partial charge in [0.1, 0.15) is 16.6 Å². The van der Waals surface area contributed by atoms with E-state index in [1.165, 1.54) is 11.3 Å². The van der Waals surface area contributed by atoms with Crippen molar-refractivity contribution in [2.24, 2.45) is 0 Å². The van der Waals surface area contributed by atoms with Gasteiger partial charge >= 0.3 is 0 Å². The number of benzene rings is 2. The molecule has 0 fully saturated rings. The Morgan fingerprint density at radius 2 is 1.96 bits per heavy atom. The van der Waals surface area contributed by atoms with Crippen molar-refractivity contribution in [3.05, 3.63) is 71.2 Å². The van der Waals surface area contributed by atoms with Crippen LogP contribution in [0.5, 0.6) is 0 Å². The summed E-state index contributed by atoms with van der Waals surface area (Å²) in [6.07, 6.45) is 1.72. The second-order valence-corrected chi connectivity index (χ2v) is 6.49. The molecule has 5 nitrogen and oxygen atoms in total. The predicted molar refractivity (Wildman–Crippen MR) is 99.5 cm³/mol. The Bertz CT molecular complexity index is 961. The third-order valence-corrected chi connectivity index (χ3v) is 4.46. The first-order chi connectivity index (χ1) is 13.0. The standard InChI is InChI=1S/C19H15F2N3O2S/c20-13-4-5-15(16(21)11-13)18(26)22-7-6-17(25)24-14-3-1-2-12(10-14)19-23-8-9-27-19/h1-5,8-11H,6-7H2,(H,22,26)(H,24,25). The number of aromatic nitrogens is 1. The van der Waals surface area contributed by atoms with E-state index < -0.39 is 17.5 Å². The molecule has 2 N–H and O–H groups in total. The molecule has 0 aliphatic carbocycles. The van der Waals surface area contributed by atoms with Crippen LogP contribution in [0.25, 0.3) is 10.6 Å². The van der Waals surface area contributed by atoms with Crippen LogP contribution in [0, 0.1) is 11.6 Å². The topological polar surface area (TPSA) is 71.1 Å². The van der Waals surface area contributed by atoms with Crippen molar-refractivity contribution in [3.63, 3.8) is 0 Å². The maximum atomic E-state index is 13.5.